The van der Waals surface area contributed by atoms with Crippen LogP contribution in [-0.2, 0) is 0 Å². The van der Waals surface area contributed by atoms with Gasteiger partial charge in [0.1, 0.15) is 0 Å². The number of allylic oxidation sites excluding steroid dienone is 3. The van der Waals surface area contributed by atoms with Crippen LogP contribution in [0.15, 0.2) is 35.5 Å². The van der Waals surface area contributed by atoms with Gasteiger partial charge < -0.3 is 15.3 Å². The standard InChI is InChI=1S/C27H42F2O3/c1-17(15-27(28,29)16-25(3,4)32)22-10-11-23-19(7-6-12-26(22,23)5)8-9-20-13-21(30)14-24(31)18(20)2/h8-9,17,21-24,30-32H,2,6-7,10-16H2,1,3-5H3/b19-8?,20-9-/t17-,21-,22-,23?,24?,26-/m1/s1. The van der Waals surface area contributed by atoms with Crippen LogP contribution in [0.3, 0.4) is 0 Å². The number of aliphatic hydroxyl groups is 3. The summed E-state index contributed by atoms with van der Waals surface area (Å²) in [5.41, 5.74) is 1.61. The lowest BCUT2D eigenvalue weighted by molar-refractivity contribution is -0.0949. The molecule has 3 nitrogen and oxygen atoms in total. The van der Waals surface area contributed by atoms with Gasteiger partial charge in [-0.2, -0.15) is 0 Å². The molecule has 3 rings (SSSR count). The van der Waals surface area contributed by atoms with E-state index in [-0.39, 0.29) is 23.7 Å². The van der Waals surface area contributed by atoms with Gasteiger partial charge in [0.05, 0.1) is 17.8 Å². The molecule has 3 aliphatic rings. The van der Waals surface area contributed by atoms with E-state index in [1.807, 2.05) is 13.0 Å². The van der Waals surface area contributed by atoms with Crippen molar-refractivity contribution in [3.05, 3.63) is 35.5 Å². The molecule has 0 aromatic rings. The van der Waals surface area contributed by atoms with Crippen molar-refractivity contribution in [3.63, 3.8) is 0 Å². The molecule has 0 aromatic carbocycles. The molecule has 0 saturated heterocycles. The van der Waals surface area contributed by atoms with Gasteiger partial charge >= 0.3 is 0 Å². The molecule has 6 atom stereocenters. The average molecular weight is 453 g/mol. The van der Waals surface area contributed by atoms with Crippen molar-refractivity contribution in [2.45, 2.75) is 109 Å². The molecule has 182 valence electrons. The van der Waals surface area contributed by atoms with Gasteiger partial charge in [-0.3, -0.25) is 0 Å². The highest BCUT2D eigenvalue weighted by molar-refractivity contribution is 5.38. The van der Waals surface area contributed by atoms with Crippen LogP contribution < -0.4 is 0 Å². The molecule has 2 unspecified atom stereocenters. The molecule has 0 radical (unpaired) electrons. The molecule has 0 spiro atoms. The van der Waals surface area contributed by atoms with Crippen molar-refractivity contribution >= 4 is 0 Å². The highest BCUT2D eigenvalue weighted by Crippen LogP contribution is 2.60. The number of alkyl halides is 2. The number of halogens is 2. The Bertz CT molecular complexity index is 763. The SMILES string of the molecule is C=C1/C(=C\C=C2CCC[C@@]3(C)C2CC[C@@H]3[C@H](C)CC(F)(F)CC(C)(C)O)C[C@@H](O)CC1O. The molecule has 0 aliphatic heterocycles. The number of fused-ring (bicyclic) bond motifs is 1. The van der Waals surface area contributed by atoms with Crippen molar-refractivity contribution in [2.75, 3.05) is 0 Å². The van der Waals surface area contributed by atoms with Crippen LogP contribution in [0, 0.1) is 23.2 Å². The summed E-state index contributed by atoms with van der Waals surface area (Å²) in [7, 11) is 0. The molecule has 0 bridgehead atoms. The molecular formula is C27H42F2O3. The predicted molar refractivity (Wildman–Crippen MR) is 124 cm³/mol. The molecular weight excluding hydrogens is 410 g/mol. The predicted octanol–water partition coefficient (Wildman–Crippen LogP) is 5.95. The molecule has 3 aliphatic carbocycles. The maximum atomic E-state index is 14.6. The van der Waals surface area contributed by atoms with Crippen LogP contribution in [0.25, 0.3) is 0 Å². The first-order valence-electron chi connectivity index (χ1n) is 12.3. The number of aliphatic hydroxyl groups excluding tert-OH is 2. The minimum absolute atomic E-state index is 0.00935. The van der Waals surface area contributed by atoms with Gasteiger partial charge in [0.2, 0.25) is 0 Å². The summed E-state index contributed by atoms with van der Waals surface area (Å²) in [6.45, 7) is 11.1. The Morgan fingerprint density at radius 1 is 1.22 bits per heavy atom. The number of hydrogen-bond donors (Lipinski definition) is 3. The van der Waals surface area contributed by atoms with E-state index < -0.39 is 30.2 Å². The molecule has 3 saturated carbocycles. The summed E-state index contributed by atoms with van der Waals surface area (Å²) < 4.78 is 29.3. The second-order valence-electron chi connectivity index (χ2n) is 11.7. The molecule has 0 amide bonds. The van der Waals surface area contributed by atoms with Gasteiger partial charge in [0.15, 0.2) is 0 Å². The molecule has 0 heterocycles. The lowest BCUT2D eigenvalue weighted by Crippen LogP contribution is -2.39. The van der Waals surface area contributed by atoms with E-state index in [0.29, 0.717) is 24.3 Å². The summed E-state index contributed by atoms with van der Waals surface area (Å²) >= 11 is 0. The van der Waals surface area contributed by atoms with E-state index in [4.69, 9.17) is 0 Å². The lowest BCUT2D eigenvalue weighted by atomic mass is 9.60. The van der Waals surface area contributed by atoms with E-state index in [0.717, 1.165) is 37.7 Å². The Kier molecular flexibility index (Phi) is 7.44. The first-order valence-corrected chi connectivity index (χ1v) is 12.3. The number of rotatable bonds is 6. The Hall–Kier alpha value is -1.04. The van der Waals surface area contributed by atoms with E-state index >= 15 is 0 Å². The minimum Gasteiger partial charge on any atom is -0.393 e. The van der Waals surface area contributed by atoms with Gasteiger partial charge in [-0.05, 0) is 86.7 Å². The fourth-order valence-electron chi connectivity index (χ4n) is 7.00. The summed E-state index contributed by atoms with van der Waals surface area (Å²) in [4.78, 5) is 0. The van der Waals surface area contributed by atoms with Crippen molar-refractivity contribution in [1.29, 1.82) is 0 Å². The molecule has 5 heteroatoms. The first-order chi connectivity index (χ1) is 14.7. The van der Waals surface area contributed by atoms with E-state index in [9.17, 15) is 24.1 Å². The van der Waals surface area contributed by atoms with E-state index in [1.165, 1.54) is 19.4 Å². The fourth-order valence-corrected chi connectivity index (χ4v) is 7.00. The monoisotopic (exact) mass is 452 g/mol. The average Bonchev–Trinajstić information content (AvgIpc) is 2.98. The summed E-state index contributed by atoms with van der Waals surface area (Å²) in [6.07, 6.45) is 8.20. The van der Waals surface area contributed by atoms with E-state index in [2.05, 4.69) is 19.6 Å². The summed E-state index contributed by atoms with van der Waals surface area (Å²) in [6, 6.07) is 0. The number of hydrogen-bond acceptors (Lipinski definition) is 3. The van der Waals surface area contributed by atoms with Crippen LogP contribution in [0.2, 0.25) is 0 Å². The zero-order valence-corrected chi connectivity index (χ0v) is 20.2. The molecule has 0 aromatic heterocycles. The van der Waals surface area contributed by atoms with Crippen molar-refractivity contribution in [2.24, 2.45) is 23.2 Å². The zero-order valence-electron chi connectivity index (χ0n) is 20.2. The van der Waals surface area contributed by atoms with E-state index in [1.54, 1.807) is 0 Å². The van der Waals surface area contributed by atoms with Gasteiger partial charge in [0, 0.05) is 19.3 Å². The Morgan fingerprint density at radius 3 is 2.56 bits per heavy atom. The van der Waals surface area contributed by atoms with Crippen molar-refractivity contribution in [3.8, 4) is 0 Å². The Labute approximate surface area is 192 Å². The van der Waals surface area contributed by atoms with Crippen molar-refractivity contribution < 1.29 is 24.1 Å². The molecule has 32 heavy (non-hydrogen) atoms. The summed E-state index contributed by atoms with van der Waals surface area (Å²) in [5, 5.41) is 30.0. The zero-order chi connectivity index (χ0) is 23.9. The normalized spacial score (nSPS) is 37.7. The highest BCUT2D eigenvalue weighted by atomic mass is 19.3. The minimum atomic E-state index is -2.87. The lowest BCUT2D eigenvalue weighted by Gasteiger charge is -2.45. The fraction of sp³-hybridized carbons (Fsp3) is 0.778. The first kappa shape index (κ1) is 25.6. The molecule has 3 N–H and O–H groups in total. The second kappa shape index (κ2) is 9.31. The highest BCUT2D eigenvalue weighted by Gasteiger charge is 2.52. The largest absolute Gasteiger partial charge is 0.393 e. The Balaban J connectivity index is 1.75. The van der Waals surface area contributed by atoms with Gasteiger partial charge in [-0.1, -0.05) is 38.2 Å². The van der Waals surface area contributed by atoms with Crippen molar-refractivity contribution in [1.82, 2.24) is 0 Å². The quantitative estimate of drug-likeness (QED) is 0.467. The third-order valence-electron chi connectivity index (χ3n) is 8.30. The maximum absolute atomic E-state index is 14.6. The van der Waals surface area contributed by atoms with Gasteiger partial charge in [-0.15, -0.1) is 0 Å². The third-order valence-corrected chi connectivity index (χ3v) is 8.30. The van der Waals surface area contributed by atoms with Crippen LogP contribution in [0.5, 0.6) is 0 Å². The van der Waals surface area contributed by atoms with Gasteiger partial charge in [0.25, 0.3) is 5.92 Å². The third kappa shape index (κ3) is 5.71. The van der Waals surface area contributed by atoms with Crippen LogP contribution in [-0.4, -0.2) is 39.1 Å². The topological polar surface area (TPSA) is 60.7 Å². The van der Waals surface area contributed by atoms with Crippen LogP contribution >= 0.6 is 0 Å². The smallest absolute Gasteiger partial charge is 0.251 e. The van der Waals surface area contributed by atoms with Gasteiger partial charge in [-0.25, -0.2) is 8.78 Å². The molecule has 3 fully saturated rings. The summed E-state index contributed by atoms with van der Waals surface area (Å²) in [5.74, 6) is -2.35. The second-order valence-corrected chi connectivity index (χ2v) is 11.7. The van der Waals surface area contributed by atoms with Crippen LogP contribution in [0.4, 0.5) is 8.78 Å². The van der Waals surface area contributed by atoms with Crippen LogP contribution in [0.1, 0.15) is 85.5 Å². The Morgan fingerprint density at radius 2 is 1.91 bits per heavy atom. The maximum Gasteiger partial charge on any atom is 0.251 e.